The first kappa shape index (κ1) is 16.5. The van der Waals surface area contributed by atoms with Crippen LogP contribution in [0.25, 0.3) is 10.4 Å². The molecule has 3 amide bonds. The lowest BCUT2D eigenvalue weighted by Gasteiger charge is -2.11. The van der Waals surface area contributed by atoms with E-state index in [9.17, 15) is 9.59 Å². The van der Waals surface area contributed by atoms with E-state index in [1.807, 2.05) is 10.9 Å². The molecule has 2 aromatic heterocycles. The van der Waals surface area contributed by atoms with Crippen LogP contribution in [0.2, 0.25) is 0 Å². The molecule has 0 aliphatic heterocycles. The molecule has 1 aliphatic carbocycles. The molecule has 7 nitrogen and oxygen atoms in total. The summed E-state index contributed by atoms with van der Waals surface area (Å²) in [6.07, 6.45) is 4.51. The van der Waals surface area contributed by atoms with E-state index >= 15 is 0 Å². The van der Waals surface area contributed by atoms with Crippen LogP contribution in [0.1, 0.15) is 41.9 Å². The van der Waals surface area contributed by atoms with E-state index in [4.69, 9.17) is 11.5 Å². The molecular weight excluding hydrogens is 326 g/mol. The van der Waals surface area contributed by atoms with Crippen molar-refractivity contribution in [1.82, 2.24) is 9.78 Å². The van der Waals surface area contributed by atoms with Crippen molar-refractivity contribution in [2.45, 2.75) is 39.7 Å². The molecule has 128 valence electrons. The van der Waals surface area contributed by atoms with Crippen LogP contribution in [0, 0.1) is 5.92 Å². The number of aryl methyl sites for hydroxylation is 2. The summed E-state index contributed by atoms with van der Waals surface area (Å²) in [6, 6.07) is -0.705. The predicted molar refractivity (Wildman–Crippen MR) is 94.1 cm³/mol. The second kappa shape index (κ2) is 6.27. The Balaban J connectivity index is 2.02. The summed E-state index contributed by atoms with van der Waals surface area (Å²) in [4.78, 5) is 24.0. The number of primary amides is 2. The SMILES string of the molecule is CC(C)CCn1cc2c(n1)CCc1c-2sc(NC(N)=O)c1C(N)=O. The molecular formula is C16H21N5O2S. The number of urea groups is 1. The molecule has 0 bridgehead atoms. The molecule has 24 heavy (non-hydrogen) atoms. The van der Waals surface area contributed by atoms with Crippen LogP contribution in [0.4, 0.5) is 9.80 Å². The summed E-state index contributed by atoms with van der Waals surface area (Å²) < 4.78 is 1.96. The van der Waals surface area contributed by atoms with Gasteiger partial charge in [0.05, 0.1) is 11.3 Å². The fourth-order valence-electron chi connectivity index (χ4n) is 2.97. The number of anilines is 1. The van der Waals surface area contributed by atoms with Crippen LogP contribution in [-0.2, 0) is 19.4 Å². The minimum Gasteiger partial charge on any atom is -0.365 e. The summed E-state index contributed by atoms with van der Waals surface area (Å²) in [6.45, 7) is 5.23. The number of carbonyl (C=O) groups excluding carboxylic acids is 2. The normalized spacial score (nSPS) is 12.8. The predicted octanol–water partition coefficient (Wildman–Crippen LogP) is 2.35. The van der Waals surface area contributed by atoms with E-state index in [-0.39, 0.29) is 0 Å². The van der Waals surface area contributed by atoms with Crippen molar-refractivity contribution in [1.29, 1.82) is 0 Å². The molecule has 3 rings (SSSR count). The molecule has 2 heterocycles. The Morgan fingerprint density at radius 3 is 2.75 bits per heavy atom. The fourth-order valence-corrected chi connectivity index (χ4v) is 4.26. The zero-order valence-electron chi connectivity index (χ0n) is 13.8. The standard InChI is InChI=1S/C16H21N5O2S/c1-8(2)5-6-21-7-10-11(20-21)4-3-9-12(14(17)22)15(19-16(18)23)24-13(9)10/h7-8H,3-6H2,1-2H3,(H2,17,22)(H3,18,19,23). The van der Waals surface area contributed by atoms with Crippen molar-refractivity contribution in [2.24, 2.45) is 17.4 Å². The highest BCUT2D eigenvalue weighted by Crippen LogP contribution is 2.44. The van der Waals surface area contributed by atoms with Gasteiger partial charge in [0.2, 0.25) is 0 Å². The number of hydrogen-bond acceptors (Lipinski definition) is 4. The third-order valence-corrected chi connectivity index (χ3v) is 5.30. The van der Waals surface area contributed by atoms with Gasteiger partial charge >= 0.3 is 6.03 Å². The number of rotatable bonds is 5. The lowest BCUT2D eigenvalue weighted by atomic mass is 9.94. The zero-order valence-corrected chi connectivity index (χ0v) is 14.6. The van der Waals surface area contributed by atoms with Crippen LogP contribution in [0.3, 0.4) is 0 Å². The molecule has 8 heteroatoms. The first-order valence-corrected chi connectivity index (χ1v) is 8.77. The van der Waals surface area contributed by atoms with Gasteiger partial charge in [-0.05, 0) is 30.7 Å². The number of aromatic nitrogens is 2. The first-order chi connectivity index (χ1) is 11.4. The number of nitrogens with two attached hydrogens (primary N) is 2. The molecule has 0 unspecified atom stereocenters. The number of amides is 3. The van der Waals surface area contributed by atoms with Gasteiger partial charge < -0.3 is 11.5 Å². The van der Waals surface area contributed by atoms with Gasteiger partial charge in [0.25, 0.3) is 5.91 Å². The van der Waals surface area contributed by atoms with Crippen molar-refractivity contribution in [3.63, 3.8) is 0 Å². The molecule has 0 fully saturated rings. The number of carbonyl (C=O) groups is 2. The van der Waals surface area contributed by atoms with Gasteiger partial charge in [-0.25, -0.2) is 4.79 Å². The summed E-state index contributed by atoms with van der Waals surface area (Å²) in [5.74, 6) is 0.0586. The topological polar surface area (TPSA) is 116 Å². The average molecular weight is 347 g/mol. The number of hydrogen-bond donors (Lipinski definition) is 3. The van der Waals surface area contributed by atoms with E-state index in [1.54, 1.807) is 0 Å². The molecule has 0 saturated heterocycles. The minimum atomic E-state index is -0.705. The Labute approximate surface area is 144 Å². The van der Waals surface area contributed by atoms with Gasteiger partial charge in [0.1, 0.15) is 5.00 Å². The lowest BCUT2D eigenvalue weighted by Crippen LogP contribution is -2.22. The smallest absolute Gasteiger partial charge is 0.317 e. The van der Waals surface area contributed by atoms with E-state index < -0.39 is 11.9 Å². The lowest BCUT2D eigenvalue weighted by molar-refractivity contribution is 0.100. The van der Waals surface area contributed by atoms with Gasteiger partial charge in [-0.15, -0.1) is 11.3 Å². The van der Waals surface area contributed by atoms with Crippen molar-refractivity contribution < 1.29 is 9.59 Å². The van der Waals surface area contributed by atoms with Crippen LogP contribution in [-0.4, -0.2) is 21.7 Å². The molecule has 5 N–H and O–H groups in total. The van der Waals surface area contributed by atoms with Crippen LogP contribution < -0.4 is 16.8 Å². The van der Waals surface area contributed by atoms with Crippen molar-refractivity contribution in [3.05, 3.63) is 23.0 Å². The first-order valence-electron chi connectivity index (χ1n) is 7.95. The second-order valence-electron chi connectivity index (χ2n) is 6.40. The maximum Gasteiger partial charge on any atom is 0.317 e. The molecule has 0 aromatic carbocycles. The van der Waals surface area contributed by atoms with E-state index in [2.05, 4.69) is 24.3 Å². The third kappa shape index (κ3) is 3.01. The Morgan fingerprint density at radius 1 is 1.38 bits per heavy atom. The van der Waals surface area contributed by atoms with Gasteiger partial charge in [0, 0.05) is 23.2 Å². The van der Waals surface area contributed by atoms with Gasteiger partial charge in [-0.3, -0.25) is 14.8 Å². The van der Waals surface area contributed by atoms with E-state index in [0.717, 1.165) is 41.1 Å². The monoisotopic (exact) mass is 347 g/mol. The van der Waals surface area contributed by atoms with E-state index in [0.29, 0.717) is 22.9 Å². The van der Waals surface area contributed by atoms with Crippen LogP contribution in [0.5, 0.6) is 0 Å². The maximum absolute atomic E-state index is 11.8. The Morgan fingerprint density at radius 2 is 2.12 bits per heavy atom. The van der Waals surface area contributed by atoms with Crippen LogP contribution in [0.15, 0.2) is 6.20 Å². The van der Waals surface area contributed by atoms with Crippen LogP contribution >= 0.6 is 11.3 Å². The Hall–Kier alpha value is -2.35. The largest absolute Gasteiger partial charge is 0.365 e. The highest BCUT2D eigenvalue weighted by molar-refractivity contribution is 7.20. The fraction of sp³-hybridized carbons (Fsp3) is 0.438. The average Bonchev–Trinajstić information content (AvgIpc) is 3.04. The molecule has 0 saturated carbocycles. The summed E-state index contributed by atoms with van der Waals surface area (Å²) in [7, 11) is 0. The summed E-state index contributed by atoms with van der Waals surface area (Å²) in [5, 5.41) is 7.60. The second-order valence-corrected chi connectivity index (χ2v) is 7.42. The van der Waals surface area contributed by atoms with Gasteiger partial charge in [-0.1, -0.05) is 13.8 Å². The minimum absolute atomic E-state index is 0.370. The van der Waals surface area contributed by atoms with Crippen molar-refractivity contribution in [2.75, 3.05) is 5.32 Å². The number of thiophene rings is 1. The Bertz CT molecular complexity index is 806. The highest BCUT2D eigenvalue weighted by atomic mass is 32.1. The maximum atomic E-state index is 11.8. The number of nitrogens with one attached hydrogen (secondary N) is 1. The molecule has 0 spiro atoms. The number of nitrogens with zero attached hydrogens (tertiary/aromatic N) is 2. The van der Waals surface area contributed by atoms with Crippen molar-refractivity contribution in [3.8, 4) is 10.4 Å². The zero-order chi connectivity index (χ0) is 17.4. The summed E-state index contributed by atoms with van der Waals surface area (Å²) in [5.41, 5.74) is 14.0. The number of fused-ring (bicyclic) bond motifs is 3. The Kier molecular flexibility index (Phi) is 4.31. The van der Waals surface area contributed by atoms with Gasteiger partial charge in [0.15, 0.2) is 0 Å². The summed E-state index contributed by atoms with van der Waals surface area (Å²) >= 11 is 1.33. The van der Waals surface area contributed by atoms with Gasteiger partial charge in [-0.2, -0.15) is 5.10 Å². The van der Waals surface area contributed by atoms with Crippen molar-refractivity contribution >= 4 is 28.3 Å². The molecule has 0 atom stereocenters. The highest BCUT2D eigenvalue weighted by Gasteiger charge is 2.29. The van der Waals surface area contributed by atoms with E-state index in [1.165, 1.54) is 11.3 Å². The third-order valence-electron chi connectivity index (χ3n) is 4.12. The quantitative estimate of drug-likeness (QED) is 0.770. The molecule has 1 aliphatic rings. The molecule has 2 aromatic rings. The molecule has 0 radical (unpaired) electrons.